The average Bonchev–Trinajstić information content (AvgIpc) is 2.72. The number of nitrogens with one attached hydrogen (secondary N) is 2. The molecular weight excluding hydrogens is 442 g/mol. The fraction of sp³-hybridized carbons (Fsp3) is 0.238. The highest BCUT2D eigenvalue weighted by Crippen LogP contribution is 2.32. The first-order valence-corrected chi connectivity index (χ1v) is 12.2. The second kappa shape index (κ2) is 10.3. The number of sulfonamides is 1. The minimum absolute atomic E-state index is 0.126. The Morgan fingerprint density at radius 1 is 1.13 bits per heavy atom. The van der Waals surface area contributed by atoms with Gasteiger partial charge in [-0.1, -0.05) is 67.0 Å². The molecule has 9 heteroatoms. The number of hydrogen-bond donors (Lipinski definition) is 2. The summed E-state index contributed by atoms with van der Waals surface area (Å²) in [5.74, 6) is 0. The number of aromatic amines is 1. The molecule has 1 aromatic heterocycles. The van der Waals surface area contributed by atoms with Crippen LogP contribution in [-0.4, -0.2) is 24.9 Å². The van der Waals surface area contributed by atoms with Gasteiger partial charge < -0.3 is 4.98 Å². The number of nitrogens with zero attached hydrogens (tertiary/aromatic N) is 1. The first kappa shape index (κ1) is 22.6. The van der Waals surface area contributed by atoms with Gasteiger partial charge in [0.1, 0.15) is 0 Å². The largest absolute Gasteiger partial charge is 0.301 e. The Kier molecular flexibility index (Phi) is 7.71. The summed E-state index contributed by atoms with van der Waals surface area (Å²) in [5.41, 5.74) is 1.42. The van der Waals surface area contributed by atoms with Gasteiger partial charge >= 0.3 is 0 Å². The Morgan fingerprint density at radius 3 is 2.50 bits per heavy atom. The summed E-state index contributed by atoms with van der Waals surface area (Å²) in [5, 5.41) is 0.646. The second-order valence-corrected chi connectivity index (χ2v) is 10.0. The predicted molar refractivity (Wildman–Crippen MR) is 121 cm³/mol. The number of aromatic nitrogens is 2. The third kappa shape index (κ3) is 6.18. The van der Waals surface area contributed by atoms with E-state index >= 15 is 0 Å². The molecule has 158 valence electrons. The fourth-order valence-electron chi connectivity index (χ4n) is 2.84. The quantitative estimate of drug-likeness (QED) is 0.366. The van der Waals surface area contributed by atoms with E-state index in [1.165, 1.54) is 42.1 Å². The smallest absolute Gasteiger partial charge is 0.251 e. The highest BCUT2D eigenvalue weighted by atomic mass is 35.5. The van der Waals surface area contributed by atoms with Crippen LogP contribution in [0.15, 0.2) is 75.5 Å². The standard InChI is InChI=1S/C21H22ClN3O3S2/c1-2-6-17-13-20(26)25-21(24-17)29-19(15-7-4-3-5-8-15)14-23-30(27,28)18-11-9-16(22)10-12-18/h3-5,7-13,19,23H,2,6,14H2,1H3,(H,24,25,26)/t19-/m1/s1. The van der Waals surface area contributed by atoms with Crippen molar-refractivity contribution < 1.29 is 8.42 Å². The van der Waals surface area contributed by atoms with Crippen molar-refractivity contribution in [2.45, 2.75) is 35.1 Å². The monoisotopic (exact) mass is 463 g/mol. The molecule has 0 bridgehead atoms. The van der Waals surface area contributed by atoms with Crippen LogP contribution < -0.4 is 10.3 Å². The van der Waals surface area contributed by atoms with Crippen molar-refractivity contribution in [3.63, 3.8) is 0 Å². The van der Waals surface area contributed by atoms with E-state index in [-0.39, 0.29) is 22.2 Å². The van der Waals surface area contributed by atoms with Crippen LogP contribution in [0.1, 0.15) is 29.9 Å². The molecule has 2 aromatic carbocycles. The Hall–Kier alpha value is -2.13. The number of benzene rings is 2. The third-order valence-electron chi connectivity index (χ3n) is 4.29. The second-order valence-electron chi connectivity index (χ2n) is 6.61. The number of halogens is 1. The maximum atomic E-state index is 12.7. The number of aryl methyl sites for hydroxylation is 1. The molecule has 0 amide bonds. The van der Waals surface area contributed by atoms with Crippen LogP contribution >= 0.6 is 23.4 Å². The van der Waals surface area contributed by atoms with Crippen molar-refractivity contribution in [3.05, 3.63) is 87.3 Å². The van der Waals surface area contributed by atoms with Gasteiger partial charge in [0.25, 0.3) is 5.56 Å². The minimum atomic E-state index is -3.71. The minimum Gasteiger partial charge on any atom is -0.301 e. The molecule has 0 saturated heterocycles. The lowest BCUT2D eigenvalue weighted by Crippen LogP contribution is -2.28. The zero-order chi connectivity index (χ0) is 21.6. The molecule has 0 spiro atoms. The number of thioether (sulfide) groups is 1. The van der Waals surface area contributed by atoms with E-state index < -0.39 is 10.0 Å². The first-order valence-electron chi connectivity index (χ1n) is 9.44. The molecule has 3 rings (SSSR count). The van der Waals surface area contributed by atoms with Gasteiger partial charge in [0.2, 0.25) is 10.0 Å². The van der Waals surface area contributed by atoms with Gasteiger partial charge in [0.15, 0.2) is 5.16 Å². The molecule has 0 fully saturated rings. The Labute approximate surface area is 185 Å². The zero-order valence-corrected chi connectivity index (χ0v) is 18.7. The van der Waals surface area contributed by atoms with E-state index in [1.807, 2.05) is 37.3 Å². The summed E-state index contributed by atoms with van der Waals surface area (Å²) >= 11 is 7.17. The van der Waals surface area contributed by atoms with Crippen LogP contribution in [0, 0.1) is 0 Å². The molecule has 0 aliphatic carbocycles. The summed E-state index contributed by atoms with van der Waals surface area (Å²) in [7, 11) is -3.71. The van der Waals surface area contributed by atoms with E-state index in [2.05, 4.69) is 14.7 Å². The summed E-state index contributed by atoms with van der Waals surface area (Å²) in [6, 6.07) is 17.0. The van der Waals surface area contributed by atoms with Crippen LogP contribution in [-0.2, 0) is 16.4 Å². The average molecular weight is 464 g/mol. The highest BCUT2D eigenvalue weighted by molar-refractivity contribution is 7.99. The van der Waals surface area contributed by atoms with E-state index in [4.69, 9.17) is 11.6 Å². The van der Waals surface area contributed by atoms with Crippen LogP contribution in [0.5, 0.6) is 0 Å². The maximum absolute atomic E-state index is 12.7. The van der Waals surface area contributed by atoms with Crippen molar-refractivity contribution >= 4 is 33.4 Å². The molecule has 30 heavy (non-hydrogen) atoms. The Bertz CT molecular complexity index is 1130. The van der Waals surface area contributed by atoms with Crippen molar-refractivity contribution in [2.24, 2.45) is 0 Å². The molecule has 3 aromatic rings. The zero-order valence-electron chi connectivity index (χ0n) is 16.3. The van der Waals surface area contributed by atoms with Gasteiger partial charge in [-0.05, 0) is 36.2 Å². The molecule has 1 heterocycles. The third-order valence-corrected chi connectivity index (χ3v) is 7.12. The lowest BCUT2D eigenvalue weighted by molar-refractivity contribution is 0.581. The Morgan fingerprint density at radius 2 is 1.83 bits per heavy atom. The summed E-state index contributed by atoms with van der Waals surface area (Å²) in [6.07, 6.45) is 1.58. The van der Waals surface area contributed by atoms with Crippen LogP contribution in [0.3, 0.4) is 0 Å². The lowest BCUT2D eigenvalue weighted by atomic mass is 10.1. The topological polar surface area (TPSA) is 91.9 Å². The van der Waals surface area contributed by atoms with Crippen LogP contribution in [0.2, 0.25) is 5.02 Å². The fourth-order valence-corrected chi connectivity index (χ4v) is 5.17. The number of rotatable bonds is 9. The number of hydrogen-bond acceptors (Lipinski definition) is 5. The van der Waals surface area contributed by atoms with Gasteiger partial charge in [-0.15, -0.1) is 0 Å². The van der Waals surface area contributed by atoms with Crippen molar-refractivity contribution in [1.82, 2.24) is 14.7 Å². The summed E-state index contributed by atoms with van der Waals surface area (Å²) in [4.78, 5) is 19.4. The van der Waals surface area contributed by atoms with E-state index in [0.29, 0.717) is 16.6 Å². The Balaban J connectivity index is 1.83. The van der Waals surface area contributed by atoms with Crippen molar-refractivity contribution in [1.29, 1.82) is 0 Å². The maximum Gasteiger partial charge on any atom is 0.251 e. The van der Waals surface area contributed by atoms with Gasteiger partial charge in [-0.3, -0.25) is 4.79 Å². The molecule has 0 unspecified atom stereocenters. The van der Waals surface area contributed by atoms with Gasteiger partial charge in [-0.2, -0.15) is 0 Å². The number of H-pyrrole nitrogens is 1. The van der Waals surface area contributed by atoms with E-state index in [0.717, 1.165) is 17.7 Å². The van der Waals surface area contributed by atoms with Gasteiger partial charge in [0, 0.05) is 23.3 Å². The SMILES string of the molecule is CCCc1cc(=O)[nH]c(S[C@H](CNS(=O)(=O)c2ccc(Cl)cc2)c2ccccc2)n1. The molecule has 0 radical (unpaired) electrons. The van der Waals surface area contributed by atoms with Gasteiger partial charge in [0.05, 0.1) is 10.1 Å². The molecule has 0 aliphatic rings. The highest BCUT2D eigenvalue weighted by Gasteiger charge is 2.20. The van der Waals surface area contributed by atoms with Crippen molar-refractivity contribution in [3.8, 4) is 0 Å². The predicted octanol–water partition coefficient (Wildman–Crippen LogP) is 4.19. The van der Waals surface area contributed by atoms with Gasteiger partial charge in [-0.25, -0.2) is 18.1 Å². The molecular formula is C21H22ClN3O3S2. The van der Waals surface area contributed by atoms with Crippen LogP contribution in [0.4, 0.5) is 0 Å². The first-order chi connectivity index (χ1) is 14.4. The lowest BCUT2D eigenvalue weighted by Gasteiger charge is -2.17. The molecule has 0 aliphatic heterocycles. The normalized spacial score (nSPS) is 12.6. The summed E-state index contributed by atoms with van der Waals surface area (Å²) < 4.78 is 28.0. The molecule has 0 saturated carbocycles. The van der Waals surface area contributed by atoms with Crippen molar-refractivity contribution in [2.75, 3.05) is 6.54 Å². The van der Waals surface area contributed by atoms with E-state index in [1.54, 1.807) is 0 Å². The van der Waals surface area contributed by atoms with Crippen LogP contribution in [0.25, 0.3) is 0 Å². The molecule has 2 N–H and O–H groups in total. The molecule has 6 nitrogen and oxygen atoms in total. The summed E-state index contributed by atoms with van der Waals surface area (Å²) in [6.45, 7) is 2.15. The molecule has 1 atom stereocenters. The van der Waals surface area contributed by atoms with E-state index in [9.17, 15) is 13.2 Å².